The fraction of sp³-hybridized carbons (Fsp3) is 0.577. The Kier molecular flexibility index (Phi) is 6.45. The SMILES string of the molecule is C[C@H](O)C(=O)N1C[C@H]2CC(Nc3c(-c4nc5c(s4)C(OCCO)CCC5)cnc4[nH]ccc34)C[C@H]2C1. The first-order chi connectivity index (χ1) is 17.5. The number of rotatable bonds is 7. The van der Waals surface area contributed by atoms with Gasteiger partial charge in [0, 0.05) is 36.9 Å². The molecule has 0 aromatic carbocycles. The van der Waals surface area contributed by atoms with Crippen molar-refractivity contribution < 1.29 is 19.7 Å². The minimum Gasteiger partial charge on any atom is -0.394 e. The molecule has 5 atom stereocenters. The molecule has 1 saturated carbocycles. The molecular weight excluding hydrogens is 478 g/mol. The van der Waals surface area contributed by atoms with Crippen LogP contribution < -0.4 is 5.32 Å². The molecule has 192 valence electrons. The average Bonchev–Trinajstić information content (AvgIpc) is 3.64. The highest BCUT2D eigenvalue weighted by molar-refractivity contribution is 7.15. The zero-order valence-corrected chi connectivity index (χ0v) is 21.3. The first kappa shape index (κ1) is 23.8. The average molecular weight is 512 g/mol. The lowest BCUT2D eigenvalue weighted by atomic mass is 10.0. The maximum atomic E-state index is 12.3. The van der Waals surface area contributed by atoms with E-state index in [9.17, 15) is 15.0 Å². The third kappa shape index (κ3) is 4.30. The summed E-state index contributed by atoms with van der Waals surface area (Å²) in [6.07, 6.45) is 7.81. The van der Waals surface area contributed by atoms with Gasteiger partial charge in [0.25, 0.3) is 5.91 Å². The number of anilines is 1. The van der Waals surface area contributed by atoms with Crippen LogP contribution in [0.15, 0.2) is 18.5 Å². The highest BCUT2D eigenvalue weighted by atomic mass is 32.1. The Hall–Kier alpha value is -2.53. The van der Waals surface area contributed by atoms with E-state index in [0.29, 0.717) is 24.5 Å². The molecule has 2 fully saturated rings. The second-order valence-electron chi connectivity index (χ2n) is 10.3. The number of hydrogen-bond donors (Lipinski definition) is 4. The summed E-state index contributed by atoms with van der Waals surface area (Å²) >= 11 is 1.68. The number of aromatic nitrogens is 3. The zero-order chi connectivity index (χ0) is 24.8. The predicted octanol–water partition coefficient (Wildman–Crippen LogP) is 3.10. The molecule has 4 heterocycles. The number of H-pyrrole nitrogens is 1. The Bertz CT molecular complexity index is 1240. The largest absolute Gasteiger partial charge is 0.394 e. The fourth-order valence-corrected chi connectivity index (χ4v) is 7.45. The van der Waals surface area contributed by atoms with E-state index in [2.05, 4.69) is 21.4 Å². The standard InChI is InChI=1S/C26H33N5O4S/c1-14(33)26(34)31-12-15-9-17(10-16(15)13-31)29-22-18-5-6-27-24(18)28-11-19(22)25-30-20-3-2-4-21(23(20)36-25)35-8-7-32/h5-6,11,14-17,21,32-33H,2-4,7-10,12-13H2,1H3,(H2,27,28,29)/t14-,15-,16+,17?,21?/m0/s1. The number of aromatic amines is 1. The lowest BCUT2D eigenvalue weighted by Crippen LogP contribution is -2.37. The topological polar surface area (TPSA) is 124 Å². The van der Waals surface area contributed by atoms with Crippen molar-refractivity contribution in [1.82, 2.24) is 19.9 Å². The van der Waals surface area contributed by atoms with E-state index >= 15 is 0 Å². The quantitative estimate of drug-likeness (QED) is 0.384. The molecule has 4 N–H and O–H groups in total. The van der Waals surface area contributed by atoms with Crippen molar-refractivity contribution in [2.24, 2.45) is 11.8 Å². The van der Waals surface area contributed by atoms with Crippen LogP contribution in [-0.4, -0.2) is 74.4 Å². The van der Waals surface area contributed by atoms with Crippen LogP contribution in [-0.2, 0) is 16.0 Å². The molecule has 1 amide bonds. The molecule has 6 rings (SSSR count). The van der Waals surface area contributed by atoms with Crippen LogP contribution in [0.2, 0.25) is 0 Å². The van der Waals surface area contributed by atoms with Gasteiger partial charge in [-0.25, -0.2) is 9.97 Å². The number of carbonyl (C=O) groups excluding carboxylic acids is 1. The van der Waals surface area contributed by atoms with Crippen molar-refractivity contribution >= 4 is 34.0 Å². The van der Waals surface area contributed by atoms with E-state index in [0.717, 1.165) is 78.2 Å². The van der Waals surface area contributed by atoms with E-state index in [1.54, 1.807) is 18.3 Å². The van der Waals surface area contributed by atoms with Gasteiger partial charge < -0.3 is 30.2 Å². The van der Waals surface area contributed by atoms with Gasteiger partial charge in [0.2, 0.25) is 0 Å². The van der Waals surface area contributed by atoms with E-state index < -0.39 is 6.10 Å². The Morgan fingerprint density at radius 1 is 1.36 bits per heavy atom. The molecule has 36 heavy (non-hydrogen) atoms. The smallest absolute Gasteiger partial charge is 0.251 e. The predicted molar refractivity (Wildman–Crippen MR) is 138 cm³/mol. The monoisotopic (exact) mass is 511 g/mol. The molecule has 0 spiro atoms. The van der Waals surface area contributed by atoms with Gasteiger partial charge in [-0.1, -0.05) is 0 Å². The van der Waals surface area contributed by atoms with Crippen LogP contribution in [0.1, 0.15) is 49.3 Å². The van der Waals surface area contributed by atoms with Gasteiger partial charge >= 0.3 is 0 Å². The number of aryl methyl sites for hydroxylation is 1. The molecule has 2 unspecified atom stereocenters. The molecule has 3 aliphatic rings. The summed E-state index contributed by atoms with van der Waals surface area (Å²) in [7, 11) is 0. The molecule has 10 heteroatoms. The van der Waals surface area contributed by atoms with Crippen LogP contribution in [0.25, 0.3) is 21.6 Å². The first-order valence-corrected chi connectivity index (χ1v) is 13.8. The zero-order valence-electron chi connectivity index (χ0n) is 20.4. The number of amides is 1. The van der Waals surface area contributed by atoms with Gasteiger partial charge in [0.1, 0.15) is 16.8 Å². The molecule has 9 nitrogen and oxygen atoms in total. The van der Waals surface area contributed by atoms with Gasteiger partial charge in [-0.05, 0) is 56.9 Å². The van der Waals surface area contributed by atoms with Gasteiger partial charge in [-0.15, -0.1) is 11.3 Å². The molecule has 1 aliphatic heterocycles. The highest BCUT2D eigenvalue weighted by Crippen LogP contribution is 2.45. The number of pyridine rings is 1. The summed E-state index contributed by atoms with van der Waals surface area (Å²) in [4.78, 5) is 28.2. The molecule has 3 aromatic heterocycles. The second-order valence-corrected chi connectivity index (χ2v) is 11.4. The highest BCUT2D eigenvalue weighted by Gasteiger charge is 2.43. The summed E-state index contributed by atoms with van der Waals surface area (Å²) < 4.78 is 5.93. The van der Waals surface area contributed by atoms with Crippen molar-refractivity contribution in [3.05, 3.63) is 29.0 Å². The number of hydrogen-bond acceptors (Lipinski definition) is 8. The first-order valence-electron chi connectivity index (χ1n) is 12.9. The second kappa shape index (κ2) is 9.74. The number of fused-ring (bicyclic) bond motifs is 3. The van der Waals surface area contributed by atoms with Crippen molar-refractivity contribution in [3.63, 3.8) is 0 Å². The molecule has 0 bridgehead atoms. The van der Waals surface area contributed by atoms with Crippen molar-refractivity contribution in [2.45, 2.75) is 57.3 Å². The number of thiazole rings is 1. The molecule has 3 aromatic rings. The summed E-state index contributed by atoms with van der Waals surface area (Å²) in [6.45, 7) is 3.36. The Labute approximate surface area is 213 Å². The fourth-order valence-electron chi connectivity index (χ4n) is 6.24. The van der Waals surface area contributed by atoms with Crippen molar-refractivity contribution in [3.8, 4) is 10.6 Å². The van der Waals surface area contributed by atoms with Crippen LogP contribution in [0, 0.1) is 11.8 Å². The van der Waals surface area contributed by atoms with E-state index in [4.69, 9.17) is 9.72 Å². The lowest BCUT2D eigenvalue weighted by molar-refractivity contribution is -0.138. The Balaban J connectivity index is 1.26. The minimum absolute atomic E-state index is 0.00555. The number of nitrogens with zero attached hydrogens (tertiary/aromatic N) is 3. The van der Waals surface area contributed by atoms with Crippen LogP contribution in [0.3, 0.4) is 0 Å². The van der Waals surface area contributed by atoms with Gasteiger partial charge in [0.15, 0.2) is 0 Å². The summed E-state index contributed by atoms with van der Waals surface area (Å²) in [5, 5.41) is 24.8. The lowest BCUT2D eigenvalue weighted by Gasteiger charge is -2.22. The molecule has 0 radical (unpaired) electrons. The third-order valence-electron chi connectivity index (χ3n) is 7.90. The number of likely N-dealkylation sites (tertiary alicyclic amines) is 1. The Morgan fingerprint density at radius 2 is 2.17 bits per heavy atom. The minimum atomic E-state index is -0.934. The molecular formula is C26H33N5O4S. The number of aliphatic hydroxyl groups is 2. The van der Waals surface area contributed by atoms with E-state index in [1.807, 2.05) is 17.3 Å². The summed E-state index contributed by atoms with van der Waals surface area (Å²) in [6, 6.07) is 2.37. The number of carbonyl (C=O) groups is 1. The maximum absolute atomic E-state index is 12.3. The van der Waals surface area contributed by atoms with Gasteiger partial charge in [0.05, 0.1) is 41.1 Å². The number of nitrogens with one attached hydrogen (secondary N) is 2. The molecule has 1 saturated heterocycles. The van der Waals surface area contributed by atoms with Crippen LogP contribution in [0.5, 0.6) is 0 Å². The Morgan fingerprint density at radius 3 is 2.92 bits per heavy atom. The summed E-state index contributed by atoms with van der Waals surface area (Å²) in [5.41, 5.74) is 4.01. The normalized spacial score (nSPS) is 26.2. The van der Waals surface area contributed by atoms with Crippen LogP contribution >= 0.6 is 11.3 Å². The maximum Gasteiger partial charge on any atom is 0.251 e. The van der Waals surface area contributed by atoms with Crippen molar-refractivity contribution in [2.75, 3.05) is 31.6 Å². The van der Waals surface area contributed by atoms with E-state index in [-0.39, 0.29) is 18.6 Å². The van der Waals surface area contributed by atoms with Crippen molar-refractivity contribution in [1.29, 1.82) is 0 Å². The molecule has 2 aliphatic carbocycles. The van der Waals surface area contributed by atoms with E-state index in [1.165, 1.54) is 4.88 Å². The number of ether oxygens (including phenoxy) is 1. The number of aliphatic hydroxyl groups excluding tert-OH is 2. The van der Waals surface area contributed by atoms with Crippen LogP contribution in [0.4, 0.5) is 5.69 Å². The van der Waals surface area contributed by atoms with Gasteiger partial charge in [-0.2, -0.15) is 0 Å². The summed E-state index contributed by atoms with van der Waals surface area (Å²) in [5.74, 6) is 0.746. The third-order valence-corrected chi connectivity index (χ3v) is 9.12. The van der Waals surface area contributed by atoms with Gasteiger partial charge in [-0.3, -0.25) is 4.79 Å².